The van der Waals surface area contributed by atoms with Crippen molar-refractivity contribution in [1.82, 2.24) is 14.2 Å². The number of nitrogens with zero attached hydrogens (tertiary/aromatic N) is 3. The average molecular weight is 421 g/mol. The van der Waals surface area contributed by atoms with E-state index in [2.05, 4.69) is 5.10 Å². The van der Waals surface area contributed by atoms with Gasteiger partial charge in [-0.1, -0.05) is 18.2 Å². The van der Waals surface area contributed by atoms with Crippen LogP contribution in [0.5, 0.6) is 17.2 Å². The molecule has 0 radical (unpaired) electrons. The molecule has 0 saturated heterocycles. The first-order chi connectivity index (χ1) is 15.0. The van der Waals surface area contributed by atoms with Crippen LogP contribution in [0.3, 0.4) is 0 Å². The Labute approximate surface area is 178 Å². The number of aliphatic hydroxyl groups excluding tert-OH is 1. The van der Waals surface area contributed by atoms with E-state index in [4.69, 9.17) is 14.2 Å². The summed E-state index contributed by atoms with van der Waals surface area (Å²) < 4.78 is 18.8. The van der Waals surface area contributed by atoms with E-state index in [-0.39, 0.29) is 12.1 Å². The molecule has 0 unspecified atom stereocenters. The van der Waals surface area contributed by atoms with Crippen molar-refractivity contribution < 1.29 is 19.3 Å². The van der Waals surface area contributed by atoms with E-state index in [0.717, 1.165) is 5.56 Å². The zero-order valence-corrected chi connectivity index (χ0v) is 17.5. The number of hydrogen-bond donors (Lipinski definition) is 1. The summed E-state index contributed by atoms with van der Waals surface area (Å²) in [5.74, 6) is 1.80. The van der Waals surface area contributed by atoms with Gasteiger partial charge in [-0.25, -0.2) is 4.52 Å². The summed E-state index contributed by atoms with van der Waals surface area (Å²) in [5, 5.41) is 15.2. The van der Waals surface area contributed by atoms with Crippen LogP contribution in [0, 0.1) is 0 Å². The Morgan fingerprint density at radius 2 is 1.77 bits per heavy atom. The molecule has 0 amide bonds. The fraction of sp³-hybridized carbons (Fsp3) is 0.217. The second-order valence-electron chi connectivity index (χ2n) is 6.98. The van der Waals surface area contributed by atoms with Crippen LogP contribution in [0.1, 0.15) is 11.7 Å². The number of aliphatic hydroxyl groups is 1. The molecule has 2 aromatic carbocycles. The third-order valence-corrected chi connectivity index (χ3v) is 5.13. The van der Waals surface area contributed by atoms with Gasteiger partial charge in [0.25, 0.3) is 5.56 Å². The van der Waals surface area contributed by atoms with Gasteiger partial charge in [0.2, 0.25) is 0 Å². The minimum Gasteiger partial charge on any atom is -0.497 e. The lowest BCUT2D eigenvalue weighted by Crippen LogP contribution is -2.24. The summed E-state index contributed by atoms with van der Waals surface area (Å²) in [5.41, 5.74) is 2.30. The number of fused-ring (bicyclic) bond motifs is 1. The largest absolute Gasteiger partial charge is 0.497 e. The van der Waals surface area contributed by atoms with Gasteiger partial charge in [-0.15, -0.1) is 0 Å². The molecule has 8 heteroatoms. The Morgan fingerprint density at radius 3 is 2.52 bits per heavy atom. The number of rotatable bonds is 7. The fourth-order valence-corrected chi connectivity index (χ4v) is 3.45. The smallest absolute Gasteiger partial charge is 0.276 e. The first-order valence-corrected chi connectivity index (χ1v) is 9.67. The van der Waals surface area contributed by atoms with Crippen molar-refractivity contribution in [3.63, 3.8) is 0 Å². The molecule has 2 aromatic heterocycles. The molecule has 160 valence electrons. The molecular formula is C23H23N3O5. The highest BCUT2D eigenvalue weighted by Crippen LogP contribution is 2.30. The Hall–Kier alpha value is -3.78. The van der Waals surface area contributed by atoms with Crippen LogP contribution in [0.2, 0.25) is 0 Å². The molecule has 1 N–H and O–H groups in total. The van der Waals surface area contributed by atoms with E-state index < -0.39 is 6.10 Å². The van der Waals surface area contributed by atoms with Crippen molar-refractivity contribution in [2.24, 2.45) is 0 Å². The van der Waals surface area contributed by atoms with Crippen LogP contribution < -0.4 is 19.8 Å². The maximum Gasteiger partial charge on any atom is 0.276 e. The summed E-state index contributed by atoms with van der Waals surface area (Å²) in [6, 6.07) is 14.4. The van der Waals surface area contributed by atoms with Crippen molar-refractivity contribution in [3.05, 3.63) is 76.8 Å². The number of aromatic nitrogens is 3. The first-order valence-electron chi connectivity index (χ1n) is 9.67. The molecule has 0 fully saturated rings. The molecule has 0 bridgehead atoms. The summed E-state index contributed by atoms with van der Waals surface area (Å²) in [6.45, 7) is 0.0878. The molecular weight excluding hydrogens is 398 g/mol. The predicted molar refractivity (Wildman–Crippen MR) is 116 cm³/mol. The van der Waals surface area contributed by atoms with E-state index in [1.807, 2.05) is 24.3 Å². The van der Waals surface area contributed by atoms with E-state index in [0.29, 0.717) is 34.0 Å². The Bertz CT molecular complexity index is 1280. The van der Waals surface area contributed by atoms with Crippen molar-refractivity contribution in [2.45, 2.75) is 12.6 Å². The number of ether oxygens (including phenoxy) is 3. The van der Waals surface area contributed by atoms with Gasteiger partial charge in [0, 0.05) is 18.0 Å². The normalized spacial score (nSPS) is 12.0. The minimum absolute atomic E-state index is 0.0878. The van der Waals surface area contributed by atoms with Crippen molar-refractivity contribution in [3.8, 4) is 28.5 Å². The third-order valence-electron chi connectivity index (χ3n) is 5.13. The van der Waals surface area contributed by atoms with Crippen LogP contribution in [-0.2, 0) is 6.54 Å². The van der Waals surface area contributed by atoms with Gasteiger partial charge in [0.05, 0.1) is 39.7 Å². The standard InChI is InChI=1S/C23H23N3O5/c1-29-17-6-4-5-15(11-17)18-13-19-23(28)25(9-10-26(19)24-18)14-20(27)16-7-8-21(30-2)22(12-16)31-3/h4-13,20,27H,14H2,1-3H3/t20-/m0/s1. The maximum absolute atomic E-state index is 13.0. The molecule has 0 aliphatic heterocycles. The Morgan fingerprint density at radius 1 is 0.968 bits per heavy atom. The van der Waals surface area contributed by atoms with Gasteiger partial charge in [0.15, 0.2) is 11.5 Å². The first kappa shape index (κ1) is 20.5. The van der Waals surface area contributed by atoms with Gasteiger partial charge < -0.3 is 23.9 Å². The van der Waals surface area contributed by atoms with E-state index >= 15 is 0 Å². The molecule has 0 spiro atoms. The molecule has 4 aromatic rings. The zero-order chi connectivity index (χ0) is 22.0. The topological polar surface area (TPSA) is 87.2 Å². The fourth-order valence-electron chi connectivity index (χ4n) is 3.45. The summed E-state index contributed by atoms with van der Waals surface area (Å²) in [7, 11) is 4.69. The highest BCUT2D eigenvalue weighted by Gasteiger charge is 2.15. The highest BCUT2D eigenvalue weighted by molar-refractivity contribution is 5.66. The van der Waals surface area contributed by atoms with Crippen molar-refractivity contribution in [1.29, 1.82) is 0 Å². The van der Waals surface area contributed by atoms with E-state index in [1.165, 1.54) is 16.2 Å². The minimum atomic E-state index is -0.902. The number of hydrogen-bond acceptors (Lipinski definition) is 6. The molecule has 1 atom stereocenters. The molecule has 31 heavy (non-hydrogen) atoms. The Balaban J connectivity index is 1.64. The zero-order valence-electron chi connectivity index (χ0n) is 17.5. The SMILES string of the molecule is COc1cccc(-c2cc3c(=O)n(C[C@H](O)c4ccc(OC)c(OC)c4)ccn3n2)c1. The summed E-state index contributed by atoms with van der Waals surface area (Å²) in [6.07, 6.45) is 2.41. The lowest BCUT2D eigenvalue weighted by atomic mass is 10.1. The lowest BCUT2D eigenvalue weighted by Gasteiger charge is -2.15. The highest BCUT2D eigenvalue weighted by atomic mass is 16.5. The van der Waals surface area contributed by atoms with Crippen LogP contribution in [0.15, 0.2) is 65.7 Å². The predicted octanol–water partition coefficient (Wildman–Crippen LogP) is 2.92. The molecule has 0 aliphatic rings. The van der Waals surface area contributed by atoms with Crippen LogP contribution in [0.4, 0.5) is 0 Å². The number of benzene rings is 2. The second-order valence-corrected chi connectivity index (χ2v) is 6.98. The van der Waals surface area contributed by atoms with Crippen LogP contribution in [0.25, 0.3) is 16.8 Å². The van der Waals surface area contributed by atoms with Crippen LogP contribution in [-0.4, -0.2) is 40.6 Å². The summed E-state index contributed by atoms with van der Waals surface area (Å²) in [4.78, 5) is 13.0. The lowest BCUT2D eigenvalue weighted by molar-refractivity contribution is 0.154. The van der Waals surface area contributed by atoms with Gasteiger partial charge in [-0.05, 0) is 35.9 Å². The molecule has 2 heterocycles. The van der Waals surface area contributed by atoms with Gasteiger partial charge in [0.1, 0.15) is 11.3 Å². The number of methoxy groups -OCH3 is 3. The summed E-state index contributed by atoms with van der Waals surface area (Å²) >= 11 is 0. The van der Waals surface area contributed by atoms with Crippen LogP contribution >= 0.6 is 0 Å². The molecule has 0 saturated carbocycles. The van der Waals surface area contributed by atoms with Crippen molar-refractivity contribution in [2.75, 3.05) is 21.3 Å². The average Bonchev–Trinajstić information content (AvgIpc) is 3.25. The van der Waals surface area contributed by atoms with Crippen molar-refractivity contribution >= 4 is 5.52 Å². The van der Waals surface area contributed by atoms with E-state index in [9.17, 15) is 9.90 Å². The second kappa shape index (κ2) is 8.53. The monoisotopic (exact) mass is 421 g/mol. The Kier molecular flexibility index (Phi) is 5.64. The van der Waals surface area contributed by atoms with Gasteiger partial charge in [-0.2, -0.15) is 5.10 Å². The molecule has 4 rings (SSSR count). The van der Waals surface area contributed by atoms with Gasteiger partial charge in [-0.3, -0.25) is 4.79 Å². The molecule has 0 aliphatic carbocycles. The quantitative estimate of drug-likeness (QED) is 0.494. The maximum atomic E-state index is 13.0. The third kappa shape index (κ3) is 3.97. The van der Waals surface area contributed by atoms with E-state index in [1.54, 1.807) is 50.9 Å². The van der Waals surface area contributed by atoms with Gasteiger partial charge >= 0.3 is 0 Å². The molecule has 8 nitrogen and oxygen atoms in total.